The fourth-order valence-electron chi connectivity index (χ4n) is 2.54. The summed E-state index contributed by atoms with van der Waals surface area (Å²) >= 11 is 1.39. The van der Waals surface area contributed by atoms with E-state index in [1.807, 2.05) is 0 Å². The molecule has 2 amide bonds. The van der Waals surface area contributed by atoms with Gasteiger partial charge in [-0.05, 0) is 35.9 Å². The van der Waals surface area contributed by atoms with E-state index in [1.165, 1.54) is 22.3 Å². The van der Waals surface area contributed by atoms with E-state index in [4.69, 9.17) is 9.84 Å². The summed E-state index contributed by atoms with van der Waals surface area (Å²) in [7, 11) is 0. The van der Waals surface area contributed by atoms with E-state index in [-0.39, 0.29) is 18.4 Å². The van der Waals surface area contributed by atoms with E-state index in [0.29, 0.717) is 18.4 Å². The molecule has 1 aromatic rings. The number of amides is 2. The lowest BCUT2D eigenvalue weighted by Gasteiger charge is -2.29. The van der Waals surface area contributed by atoms with Crippen LogP contribution in [0, 0.1) is 0 Å². The summed E-state index contributed by atoms with van der Waals surface area (Å²) in [6, 6.07) is 1.77. The number of hydrogen-bond donors (Lipinski definition) is 1. The van der Waals surface area contributed by atoms with E-state index < -0.39 is 18.2 Å². The molecule has 0 aliphatic carbocycles. The molecule has 110 valence electrons. The van der Waals surface area contributed by atoms with Crippen molar-refractivity contribution in [3.8, 4) is 0 Å². The Morgan fingerprint density at radius 1 is 1.38 bits per heavy atom. The molecule has 1 aromatic heterocycles. The Balaban J connectivity index is 1.80. The van der Waals surface area contributed by atoms with Crippen molar-refractivity contribution in [1.29, 1.82) is 0 Å². The zero-order valence-corrected chi connectivity index (χ0v) is 11.8. The third kappa shape index (κ3) is 2.62. The van der Waals surface area contributed by atoms with Gasteiger partial charge >= 0.3 is 5.97 Å². The largest absolute Gasteiger partial charge is 0.478 e. The fourth-order valence-corrected chi connectivity index (χ4v) is 3.40. The second kappa shape index (κ2) is 5.42. The molecule has 2 fully saturated rings. The molecular weight excluding hydrogens is 294 g/mol. The van der Waals surface area contributed by atoms with E-state index in [2.05, 4.69) is 0 Å². The van der Waals surface area contributed by atoms with Crippen molar-refractivity contribution in [2.75, 3.05) is 0 Å². The standard InChI is InChI=1S/C14H13NO5S/c16-12(17)4-1-8-5-6-21-11(8)7-15-13(18)9-2-3-10(20-9)14(15)19/h1,4-6,9-10H,2-3,7H2,(H,16,17)/b4-1+. The van der Waals surface area contributed by atoms with Crippen molar-refractivity contribution in [2.24, 2.45) is 0 Å². The fraction of sp³-hybridized carbons (Fsp3) is 0.357. The number of carboxylic acid groups (broad SMARTS) is 1. The number of carbonyl (C=O) groups is 3. The Hall–Kier alpha value is -1.99. The molecule has 21 heavy (non-hydrogen) atoms. The first kappa shape index (κ1) is 14.0. The normalized spacial score (nSPS) is 25.0. The molecule has 3 heterocycles. The van der Waals surface area contributed by atoms with Gasteiger partial charge in [-0.25, -0.2) is 4.79 Å². The summed E-state index contributed by atoms with van der Waals surface area (Å²) < 4.78 is 5.35. The van der Waals surface area contributed by atoms with Crippen LogP contribution in [0.5, 0.6) is 0 Å². The number of nitrogens with zero attached hydrogens (tertiary/aromatic N) is 1. The van der Waals surface area contributed by atoms with Gasteiger partial charge in [-0.15, -0.1) is 11.3 Å². The number of hydrogen-bond acceptors (Lipinski definition) is 5. The van der Waals surface area contributed by atoms with Crippen LogP contribution in [-0.2, 0) is 25.7 Å². The highest BCUT2D eigenvalue weighted by Gasteiger charge is 2.46. The lowest BCUT2D eigenvalue weighted by molar-refractivity contribution is -0.169. The lowest BCUT2D eigenvalue weighted by Crippen LogP contribution is -2.51. The van der Waals surface area contributed by atoms with Crippen molar-refractivity contribution >= 4 is 35.2 Å². The molecule has 2 aliphatic rings. The first-order valence-electron chi connectivity index (χ1n) is 6.54. The Kier molecular flexibility index (Phi) is 3.60. The number of ether oxygens (including phenoxy) is 1. The predicted octanol–water partition coefficient (Wildman–Crippen LogP) is 1.26. The molecular formula is C14H13NO5S. The first-order valence-corrected chi connectivity index (χ1v) is 7.42. The van der Waals surface area contributed by atoms with Crippen molar-refractivity contribution in [2.45, 2.75) is 31.6 Å². The average molecular weight is 307 g/mol. The van der Waals surface area contributed by atoms with E-state index in [0.717, 1.165) is 11.0 Å². The number of aliphatic carboxylic acids is 1. The van der Waals surface area contributed by atoms with Gasteiger partial charge < -0.3 is 9.84 Å². The SMILES string of the molecule is O=C(O)/C=C/c1ccsc1CN1C(=O)C2CCC(O2)C1=O. The van der Waals surface area contributed by atoms with Crippen LogP contribution in [0.25, 0.3) is 6.08 Å². The minimum atomic E-state index is -1.04. The molecule has 0 radical (unpaired) electrons. The van der Waals surface area contributed by atoms with Crippen molar-refractivity contribution in [3.05, 3.63) is 28.0 Å². The summed E-state index contributed by atoms with van der Waals surface area (Å²) in [5.41, 5.74) is 0.710. The predicted molar refractivity (Wildman–Crippen MR) is 74.4 cm³/mol. The quantitative estimate of drug-likeness (QED) is 0.669. The van der Waals surface area contributed by atoms with E-state index in [1.54, 1.807) is 11.4 Å². The maximum atomic E-state index is 12.2. The van der Waals surface area contributed by atoms with Crippen LogP contribution in [0.3, 0.4) is 0 Å². The third-order valence-corrected chi connectivity index (χ3v) is 4.51. The molecule has 0 spiro atoms. The van der Waals surface area contributed by atoms with Crippen molar-refractivity contribution in [3.63, 3.8) is 0 Å². The molecule has 1 N–H and O–H groups in total. The number of rotatable bonds is 4. The van der Waals surface area contributed by atoms with Crippen LogP contribution >= 0.6 is 11.3 Å². The molecule has 2 bridgehead atoms. The summed E-state index contributed by atoms with van der Waals surface area (Å²) in [6.45, 7) is 0.172. The zero-order chi connectivity index (χ0) is 15.0. The topological polar surface area (TPSA) is 83.9 Å². The monoisotopic (exact) mass is 307 g/mol. The van der Waals surface area contributed by atoms with Gasteiger partial charge in [-0.2, -0.15) is 0 Å². The van der Waals surface area contributed by atoms with Gasteiger partial charge in [0, 0.05) is 11.0 Å². The highest BCUT2D eigenvalue weighted by molar-refractivity contribution is 7.10. The molecule has 2 aliphatic heterocycles. The van der Waals surface area contributed by atoms with Crippen LogP contribution in [0.2, 0.25) is 0 Å². The van der Waals surface area contributed by atoms with Gasteiger partial charge in [0.05, 0.1) is 6.54 Å². The second-order valence-corrected chi connectivity index (χ2v) is 5.92. The van der Waals surface area contributed by atoms with Crippen LogP contribution in [0.4, 0.5) is 0 Å². The van der Waals surface area contributed by atoms with Crippen LogP contribution in [0.15, 0.2) is 17.5 Å². The van der Waals surface area contributed by atoms with Crippen LogP contribution in [0.1, 0.15) is 23.3 Å². The molecule has 2 atom stereocenters. The average Bonchev–Trinajstić information content (AvgIpc) is 3.07. The highest BCUT2D eigenvalue weighted by Crippen LogP contribution is 2.30. The van der Waals surface area contributed by atoms with Gasteiger partial charge in [0.2, 0.25) is 0 Å². The summed E-state index contributed by atoms with van der Waals surface area (Å²) in [5, 5.41) is 10.5. The zero-order valence-electron chi connectivity index (χ0n) is 11.0. The molecule has 7 heteroatoms. The lowest BCUT2D eigenvalue weighted by atomic mass is 10.2. The number of morpholine rings is 1. The number of likely N-dealkylation sites (tertiary alicyclic amines) is 1. The highest BCUT2D eigenvalue weighted by atomic mass is 32.1. The Morgan fingerprint density at radius 3 is 2.67 bits per heavy atom. The van der Waals surface area contributed by atoms with Gasteiger partial charge in [0.25, 0.3) is 11.8 Å². The summed E-state index contributed by atoms with van der Waals surface area (Å²) in [5.74, 6) is -1.63. The Labute approximate surface area is 124 Å². The number of carbonyl (C=O) groups excluding carboxylic acids is 2. The van der Waals surface area contributed by atoms with Gasteiger partial charge in [-0.1, -0.05) is 0 Å². The number of imide groups is 1. The molecule has 3 rings (SSSR count). The minimum absolute atomic E-state index is 0.172. The van der Waals surface area contributed by atoms with E-state index >= 15 is 0 Å². The number of thiophene rings is 1. The number of carboxylic acids is 1. The third-order valence-electron chi connectivity index (χ3n) is 3.59. The van der Waals surface area contributed by atoms with Crippen molar-refractivity contribution < 1.29 is 24.2 Å². The maximum absolute atomic E-state index is 12.2. The second-order valence-electron chi connectivity index (χ2n) is 4.92. The summed E-state index contributed by atoms with van der Waals surface area (Å²) in [6.07, 6.45) is 2.66. The molecule has 6 nitrogen and oxygen atoms in total. The molecule has 0 saturated carbocycles. The molecule has 2 unspecified atom stereocenters. The first-order chi connectivity index (χ1) is 10.1. The number of fused-ring (bicyclic) bond motifs is 2. The van der Waals surface area contributed by atoms with E-state index in [9.17, 15) is 14.4 Å². The maximum Gasteiger partial charge on any atom is 0.328 e. The Morgan fingerprint density at radius 2 is 2.05 bits per heavy atom. The molecule has 0 aromatic carbocycles. The Bertz CT molecular complexity index is 613. The van der Waals surface area contributed by atoms with Gasteiger partial charge in [0.1, 0.15) is 12.2 Å². The van der Waals surface area contributed by atoms with Gasteiger partial charge in [-0.3, -0.25) is 14.5 Å². The smallest absolute Gasteiger partial charge is 0.328 e. The molecule has 2 saturated heterocycles. The van der Waals surface area contributed by atoms with Crippen LogP contribution < -0.4 is 0 Å². The van der Waals surface area contributed by atoms with Crippen LogP contribution in [-0.4, -0.2) is 40.0 Å². The minimum Gasteiger partial charge on any atom is -0.478 e. The van der Waals surface area contributed by atoms with Crippen molar-refractivity contribution in [1.82, 2.24) is 4.90 Å². The summed E-state index contributed by atoms with van der Waals surface area (Å²) in [4.78, 5) is 36.9. The van der Waals surface area contributed by atoms with Gasteiger partial charge in [0.15, 0.2) is 0 Å².